The molecule has 0 amide bonds. The number of aromatic nitrogens is 2. The zero-order chi connectivity index (χ0) is 13.0. The van der Waals surface area contributed by atoms with Gasteiger partial charge in [0.1, 0.15) is 5.75 Å². The van der Waals surface area contributed by atoms with Crippen molar-refractivity contribution in [2.24, 2.45) is 0 Å². The summed E-state index contributed by atoms with van der Waals surface area (Å²) in [7, 11) is -3.55. The molecule has 0 saturated heterocycles. The van der Waals surface area contributed by atoms with Gasteiger partial charge in [-0.05, 0) is 12.1 Å². The maximum Gasteiger partial charge on any atom is 0.185 e. The van der Waals surface area contributed by atoms with Crippen molar-refractivity contribution < 1.29 is 13.2 Å². The highest BCUT2D eigenvalue weighted by Gasteiger charge is 2.18. The van der Waals surface area contributed by atoms with Gasteiger partial charge in [-0.25, -0.2) is 13.4 Å². The highest BCUT2D eigenvalue weighted by molar-refractivity contribution is 7.92. The number of carbonyl (C=O) groups excluding carboxylic acids is 1. The van der Waals surface area contributed by atoms with E-state index in [1.54, 1.807) is 35.2 Å². The molecule has 94 valence electrons. The van der Waals surface area contributed by atoms with Gasteiger partial charge in [-0.15, -0.1) is 0 Å². The van der Waals surface area contributed by atoms with Gasteiger partial charge in [0, 0.05) is 12.4 Å². The molecule has 1 heterocycles. The van der Waals surface area contributed by atoms with Crippen LogP contribution in [0.25, 0.3) is 0 Å². The molecule has 1 aromatic carbocycles. The lowest BCUT2D eigenvalue weighted by Crippen LogP contribution is -2.20. The number of carbonyl (C=O) groups is 1. The third kappa shape index (κ3) is 3.04. The van der Waals surface area contributed by atoms with Crippen LogP contribution in [0.4, 0.5) is 0 Å². The molecule has 0 N–H and O–H groups in total. The van der Waals surface area contributed by atoms with Gasteiger partial charge in [0.25, 0.3) is 0 Å². The van der Waals surface area contributed by atoms with Crippen molar-refractivity contribution in [3.05, 3.63) is 49.1 Å². The second-order valence-electron chi connectivity index (χ2n) is 3.85. The molecule has 0 bridgehead atoms. The fourth-order valence-corrected chi connectivity index (χ4v) is 2.81. The number of nitrogens with zero attached hydrogens (tertiary/aromatic N) is 2. The van der Waals surface area contributed by atoms with Crippen LogP contribution in [0.3, 0.4) is 0 Å². The molecule has 0 spiro atoms. The van der Waals surface area contributed by atoms with E-state index < -0.39 is 15.6 Å². The summed E-state index contributed by atoms with van der Waals surface area (Å²) in [5.41, 5.74) is 0. The molecule has 0 aliphatic heterocycles. The van der Waals surface area contributed by atoms with Crippen molar-refractivity contribution in [3.63, 3.8) is 0 Å². The summed E-state index contributed by atoms with van der Waals surface area (Å²) in [4.78, 5) is 15.6. The van der Waals surface area contributed by atoms with Crippen LogP contribution in [0.1, 0.15) is 0 Å². The summed E-state index contributed by atoms with van der Waals surface area (Å²) >= 11 is 0. The van der Waals surface area contributed by atoms with Gasteiger partial charge in [0.2, 0.25) is 0 Å². The Morgan fingerprint density at radius 3 is 2.56 bits per heavy atom. The molecule has 0 atom stereocenters. The van der Waals surface area contributed by atoms with Crippen LogP contribution in [-0.4, -0.2) is 29.5 Å². The van der Waals surface area contributed by atoms with Crippen molar-refractivity contribution in [2.45, 2.75) is 11.4 Å². The molecule has 0 unspecified atom stereocenters. The fourth-order valence-electron chi connectivity index (χ4n) is 1.55. The first-order valence-electron chi connectivity index (χ1n) is 5.33. The fraction of sp³-hybridized carbons (Fsp3) is 0.167. The van der Waals surface area contributed by atoms with Gasteiger partial charge in [-0.2, -0.15) is 0 Å². The van der Waals surface area contributed by atoms with Crippen molar-refractivity contribution in [1.29, 1.82) is 0 Å². The molecule has 0 saturated carbocycles. The van der Waals surface area contributed by atoms with E-state index in [1.165, 1.54) is 18.5 Å². The first kappa shape index (κ1) is 12.5. The molecule has 0 radical (unpaired) electrons. The summed E-state index contributed by atoms with van der Waals surface area (Å²) in [6, 6.07) is 7.96. The molecule has 2 rings (SSSR count). The van der Waals surface area contributed by atoms with Crippen LogP contribution in [0.2, 0.25) is 0 Å². The first-order valence-corrected chi connectivity index (χ1v) is 6.98. The highest BCUT2D eigenvalue weighted by Crippen LogP contribution is 2.10. The SMILES string of the molecule is O=C(Cn1ccnc1)CS(=O)(=O)c1ccccc1. The minimum Gasteiger partial charge on any atom is -0.330 e. The Bertz CT molecular complexity index is 619. The number of rotatable bonds is 5. The number of sulfone groups is 1. The van der Waals surface area contributed by atoms with E-state index in [4.69, 9.17) is 0 Å². The van der Waals surface area contributed by atoms with E-state index in [0.29, 0.717) is 0 Å². The third-order valence-corrected chi connectivity index (χ3v) is 4.06. The average molecular weight is 264 g/mol. The van der Waals surface area contributed by atoms with Crippen LogP contribution in [0, 0.1) is 0 Å². The standard InChI is InChI=1S/C12H12N2O3S/c15-11(8-14-7-6-13-10-14)9-18(16,17)12-4-2-1-3-5-12/h1-7,10H,8-9H2. The third-order valence-electron chi connectivity index (χ3n) is 2.37. The number of hydrogen-bond donors (Lipinski definition) is 0. The second kappa shape index (κ2) is 5.14. The Balaban J connectivity index is 2.07. The molecule has 2 aromatic rings. The lowest BCUT2D eigenvalue weighted by molar-refractivity contribution is -0.117. The van der Waals surface area contributed by atoms with Crippen LogP contribution < -0.4 is 0 Å². The van der Waals surface area contributed by atoms with E-state index in [-0.39, 0.29) is 17.2 Å². The van der Waals surface area contributed by atoms with Crippen molar-refractivity contribution >= 4 is 15.6 Å². The Labute approximate surface area is 105 Å². The molecule has 0 aliphatic rings. The van der Waals surface area contributed by atoms with Gasteiger partial charge >= 0.3 is 0 Å². The van der Waals surface area contributed by atoms with Gasteiger partial charge < -0.3 is 4.57 Å². The maximum atomic E-state index is 11.9. The van der Waals surface area contributed by atoms with Gasteiger partial charge in [0.05, 0.1) is 17.8 Å². The summed E-state index contributed by atoms with van der Waals surface area (Å²) in [5, 5.41) is 0. The van der Waals surface area contributed by atoms with E-state index >= 15 is 0 Å². The lowest BCUT2D eigenvalue weighted by atomic mass is 10.4. The van der Waals surface area contributed by atoms with Crippen LogP contribution >= 0.6 is 0 Å². The minimum absolute atomic E-state index is 0.0199. The monoisotopic (exact) mass is 264 g/mol. The number of benzene rings is 1. The molecule has 18 heavy (non-hydrogen) atoms. The Kier molecular flexibility index (Phi) is 3.57. The predicted octanol–water partition coefficient (Wildman–Crippen LogP) is 0.926. The summed E-state index contributed by atoms with van der Waals surface area (Å²) in [6.07, 6.45) is 4.64. The van der Waals surface area contributed by atoms with E-state index in [9.17, 15) is 13.2 Å². The molecule has 1 aromatic heterocycles. The first-order chi connectivity index (χ1) is 8.58. The maximum absolute atomic E-state index is 11.9. The zero-order valence-electron chi connectivity index (χ0n) is 9.56. The topological polar surface area (TPSA) is 69.0 Å². The van der Waals surface area contributed by atoms with Crippen molar-refractivity contribution in [2.75, 3.05) is 5.75 Å². The normalized spacial score (nSPS) is 11.3. The van der Waals surface area contributed by atoms with E-state index in [0.717, 1.165) is 0 Å². The van der Waals surface area contributed by atoms with Crippen molar-refractivity contribution in [3.8, 4) is 0 Å². The van der Waals surface area contributed by atoms with Crippen LogP contribution in [0.5, 0.6) is 0 Å². The van der Waals surface area contributed by atoms with Crippen LogP contribution in [-0.2, 0) is 21.2 Å². The van der Waals surface area contributed by atoms with Gasteiger partial charge in [-0.1, -0.05) is 18.2 Å². The Hall–Kier alpha value is -1.95. The van der Waals surface area contributed by atoms with Crippen molar-refractivity contribution in [1.82, 2.24) is 9.55 Å². The van der Waals surface area contributed by atoms with Crippen LogP contribution in [0.15, 0.2) is 53.9 Å². The Morgan fingerprint density at radius 2 is 1.94 bits per heavy atom. The summed E-state index contributed by atoms with van der Waals surface area (Å²) in [5.74, 6) is -0.855. The molecular weight excluding hydrogens is 252 g/mol. The molecule has 5 nitrogen and oxygen atoms in total. The zero-order valence-corrected chi connectivity index (χ0v) is 10.4. The summed E-state index contributed by atoms with van der Waals surface area (Å²) < 4.78 is 25.4. The quantitative estimate of drug-likeness (QED) is 0.805. The number of Topliss-reactive ketones (excluding diaryl/α,β-unsaturated/α-hetero) is 1. The largest absolute Gasteiger partial charge is 0.330 e. The second-order valence-corrected chi connectivity index (χ2v) is 5.84. The number of imidazole rings is 1. The molecule has 0 aliphatic carbocycles. The summed E-state index contributed by atoms with van der Waals surface area (Å²) in [6.45, 7) is 0.0199. The average Bonchev–Trinajstić information content (AvgIpc) is 2.82. The number of ketones is 1. The molecule has 0 fully saturated rings. The molecular formula is C12H12N2O3S. The Morgan fingerprint density at radius 1 is 1.22 bits per heavy atom. The van der Waals surface area contributed by atoms with E-state index in [2.05, 4.69) is 4.98 Å². The highest BCUT2D eigenvalue weighted by atomic mass is 32.2. The molecule has 6 heteroatoms. The smallest absolute Gasteiger partial charge is 0.185 e. The lowest BCUT2D eigenvalue weighted by Gasteiger charge is -2.04. The van der Waals surface area contributed by atoms with Gasteiger partial charge in [0.15, 0.2) is 15.6 Å². The predicted molar refractivity (Wildman–Crippen MR) is 65.7 cm³/mol. The van der Waals surface area contributed by atoms with Gasteiger partial charge in [-0.3, -0.25) is 4.79 Å². The number of hydrogen-bond acceptors (Lipinski definition) is 4. The van der Waals surface area contributed by atoms with E-state index in [1.807, 2.05) is 0 Å². The minimum atomic E-state index is -3.55.